The molecule has 0 aromatic heterocycles. The Hall–Kier alpha value is -1.25. The summed E-state index contributed by atoms with van der Waals surface area (Å²) in [5, 5.41) is 3.23. The van der Waals surface area contributed by atoms with Crippen LogP contribution in [-0.2, 0) is 21.1 Å². The van der Waals surface area contributed by atoms with Crippen molar-refractivity contribution in [3.8, 4) is 0 Å². The van der Waals surface area contributed by atoms with Gasteiger partial charge in [0.1, 0.15) is 0 Å². The van der Waals surface area contributed by atoms with Gasteiger partial charge in [0.15, 0.2) is 0 Å². The first-order valence-corrected chi connectivity index (χ1v) is 8.94. The second-order valence-corrected chi connectivity index (χ2v) is 7.53. The predicted octanol–water partition coefficient (Wildman–Crippen LogP) is 1.86. The molecule has 0 radical (unpaired) electrons. The zero-order valence-corrected chi connectivity index (χ0v) is 14.9. The zero-order chi connectivity index (χ0) is 17.0. The Morgan fingerprint density at radius 1 is 1.25 bits per heavy atom. The van der Waals surface area contributed by atoms with Gasteiger partial charge in [0.2, 0.25) is 15.7 Å². The number of amides is 1. The van der Waals surface area contributed by atoms with E-state index in [4.69, 9.17) is 0 Å². The number of alkyl halides is 2. The van der Waals surface area contributed by atoms with Crippen molar-refractivity contribution in [1.82, 2.24) is 10.2 Å². The molecule has 1 saturated heterocycles. The molecule has 1 fully saturated rings. The molecule has 1 amide bonds. The number of nitrogens with zero attached hydrogens (tertiary/aromatic N) is 1. The first kappa shape index (κ1) is 20.8. The van der Waals surface area contributed by atoms with E-state index in [0.717, 1.165) is 38.1 Å². The van der Waals surface area contributed by atoms with E-state index in [9.17, 15) is 22.0 Å². The molecule has 2 rings (SSSR count). The molecule has 0 aliphatic carbocycles. The molecule has 1 aromatic rings. The average molecular weight is 383 g/mol. The lowest BCUT2D eigenvalue weighted by atomic mass is 10.0. The van der Waals surface area contributed by atoms with Crippen LogP contribution in [0.25, 0.3) is 0 Å². The standard InChI is InChI=1S/C15H20F2N2O3S.ClH/c1-19(12-6-8-18-9-7-12)14(20)10-11-2-4-13(5-3-11)23(21,22)15(16)17;/h2-5,12,15,18H,6-10H2,1H3;1H. The number of halogens is 3. The SMILES string of the molecule is CN(C(=O)Cc1ccc(S(=O)(=O)C(F)F)cc1)C1CCNCC1.Cl. The number of nitrogens with one attached hydrogen (secondary N) is 1. The number of carbonyl (C=O) groups is 1. The van der Waals surface area contributed by atoms with Crippen molar-refractivity contribution < 1.29 is 22.0 Å². The minimum atomic E-state index is -4.59. The third kappa shape index (κ3) is 4.87. The lowest BCUT2D eigenvalue weighted by molar-refractivity contribution is -0.131. The highest BCUT2D eigenvalue weighted by molar-refractivity contribution is 7.91. The topological polar surface area (TPSA) is 66.5 Å². The molecule has 1 aromatic carbocycles. The van der Waals surface area contributed by atoms with E-state index in [1.54, 1.807) is 11.9 Å². The lowest BCUT2D eigenvalue weighted by Crippen LogP contribution is -2.44. The summed E-state index contributed by atoms with van der Waals surface area (Å²) >= 11 is 0. The van der Waals surface area contributed by atoms with E-state index in [-0.39, 0.29) is 30.8 Å². The van der Waals surface area contributed by atoms with Gasteiger partial charge >= 0.3 is 5.76 Å². The van der Waals surface area contributed by atoms with E-state index in [1.807, 2.05) is 0 Å². The molecule has 0 saturated carbocycles. The molecule has 0 bridgehead atoms. The Labute approximate surface area is 146 Å². The first-order valence-electron chi connectivity index (χ1n) is 7.39. The highest BCUT2D eigenvalue weighted by Gasteiger charge is 2.26. The van der Waals surface area contributed by atoms with Gasteiger partial charge in [0.05, 0.1) is 11.3 Å². The van der Waals surface area contributed by atoms with Gasteiger partial charge in [-0.25, -0.2) is 8.42 Å². The van der Waals surface area contributed by atoms with E-state index in [1.165, 1.54) is 12.1 Å². The molecular weight excluding hydrogens is 362 g/mol. The Kier molecular flexibility index (Phi) is 7.56. The minimum Gasteiger partial charge on any atom is -0.342 e. The fourth-order valence-corrected chi connectivity index (χ4v) is 3.32. The van der Waals surface area contributed by atoms with Gasteiger partial charge in [-0.1, -0.05) is 12.1 Å². The van der Waals surface area contributed by atoms with Gasteiger partial charge < -0.3 is 10.2 Å². The number of piperidine rings is 1. The van der Waals surface area contributed by atoms with Crippen LogP contribution in [0.1, 0.15) is 18.4 Å². The van der Waals surface area contributed by atoms with Crippen molar-refractivity contribution in [2.45, 2.75) is 36.0 Å². The molecule has 0 spiro atoms. The molecule has 0 unspecified atom stereocenters. The van der Waals surface area contributed by atoms with Crippen LogP contribution in [0.2, 0.25) is 0 Å². The van der Waals surface area contributed by atoms with Crippen LogP contribution < -0.4 is 5.32 Å². The predicted molar refractivity (Wildman–Crippen MR) is 89.2 cm³/mol. The quantitative estimate of drug-likeness (QED) is 0.844. The molecule has 5 nitrogen and oxygen atoms in total. The maximum atomic E-state index is 12.5. The fraction of sp³-hybridized carbons (Fsp3) is 0.533. The number of hydrogen-bond donors (Lipinski definition) is 1. The Morgan fingerprint density at radius 2 is 1.79 bits per heavy atom. The average Bonchev–Trinajstić information content (AvgIpc) is 2.55. The maximum absolute atomic E-state index is 12.5. The van der Waals surface area contributed by atoms with Crippen LogP contribution >= 0.6 is 12.4 Å². The zero-order valence-electron chi connectivity index (χ0n) is 13.2. The molecule has 1 aliphatic rings. The van der Waals surface area contributed by atoms with Crippen molar-refractivity contribution in [2.24, 2.45) is 0 Å². The molecular formula is C15H21ClF2N2O3S. The summed E-state index contributed by atoms with van der Waals surface area (Å²) in [6, 6.07) is 5.25. The molecule has 136 valence electrons. The normalized spacial score (nSPS) is 15.8. The fourth-order valence-electron chi connectivity index (χ4n) is 2.60. The van der Waals surface area contributed by atoms with Crippen LogP contribution in [0, 0.1) is 0 Å². The van der Waals surface area contributed by atoms with Gasteiger partial charge in [-0.3, -0.25) is 4.79 Å². The van der Waals surface area contributed by atoms with E-state index < -0.39 is 20.5 Å². The van der Waals surface area contributed by atoms with E-state index in [0.29, 0.717) is 5.56 Å². The van der Waals surface area contributed by atoms with Crippen LogP contribution in [0.4, 0.5) is 8.78 Å². The largest absolute Gasteiger partial charge is 0.342 e. The summed E-state index contributed by atoms with van der Waals surface area (Å²) in [7, 11) is -2.83. The second-order valence-electron chi connectivity index (χ2n) is 5.61. The van der Waals surface area contributed by atoms with Gasteiger partial charge in [0, 0.05) is 13.1 Å². The molecule has 24 heavy (non-hydrogen) atoms. The Morgan fingerprint density at radius 3 is 2.29 bits per heavy atom. The molecule has 1 heterocycles. The molecule has 1 aliphatic heterocycles. The second kappa shape index (κ2) is 8.73. The monoisotopic (exact) mass is 382 g/mol. The van der Waals surface area contributed by atoms with E-state index >= 15 is 0 Å². The lowest BCUT2D eigenvalue weighted by Gasteiger charge is -2.31. The van der Waals surface area contributed by atoms with Gasteiger partial charge in [-0.2, -0.15) is 8.78 Å². The number of likely N-dealkylation sites (N-methyl/N-ethyl adjacent to an activating group) is 1. The Bertz CT molecular complexity index is 647. The highest BCUT2D eigenvalue weighted by Crippen LogP contribution is 2.19. The van der Waals surface area contributed by atoms with E-state index in [2.05, 4.69) is 5.32 Å². The minimum absolute atomic E-state index is 0. The number of benzene rings is 1. The smallest absolute Gasteiger partial charge is 0.341 e. The van der Waals surface area contributed by atoms with Crippen molar-refractivity contribution in [3.63, 3.8) is 0 Å². The number of carbonyl (C=O) groups excluding carboxylic acids is 1. The van der Waals surface area contributed by atoms with Crippen molar-refractivity contribution in [2.75, 3.05) is 20.1 Å². The summed E-state index contributed by atoms with van der Waals surface area (Å²) in [5.74, 6) is -3.51. The van der Waals surface area contributed by atoms with Gasteiger partial charge in [-0.15, -0.1) is 12.4 Å². The van der Waals surface area contributed by atoms with Crippen LogP contribution in [0.3, 0.4) is 0 Å². The number of sulfone groups is 1. The number of hydrogen-bond acceptors (Lipinski definition) is 4. The van der Waals surface area contributed by atoms with Crippen molar-refractivity contribution in [3.05, 3.63) is 29.8 Å². The first-order chi connectivity index (χ1) is 10.8. The van der Waals surface area contributed by atoms with Crippen LogP contribution in [0.5, 0.6) is 0 Å². The summed E-state index contributed by atoms with van der Waals surface area (Å²) in [5.41, 5.74) is 0.601. The molecule has 0 atom stereocenters. The summed E-state index contributed by atoms with van der Waals surface area (Å²) in [4.78, 5) is 13.5. The van der Waals surface area contributed by atoms with Gasteiger partial charge in [0.25, 0.3) is 0 Å². The third-order valence-electron chi connectivity index (χ3n) is 4.09. The summed E-state index contributed by atoms with van der Waals surface area (Å²) in [6.45, 7) is 1.75. The van der Waals surface area contributed by atoms with Crippen LogP contribution in [-0.4, -0.2) is 51.2 Å². The summed E-state index contributed by atoms with van der Waals surface area (Å²) in [6.07, 6.45) is 1.91. The highest BCUT2D eigenvalue weighted by atomic mass is 35.5. The maximum Gasteiger partial charge on any atom is 0.341 e. The van der Waals surface area contributed by atoms with Crippen LogP contribution in [0.15, 0.2) is 29.2 Å². The number of rotatable bonds is 5. The molecule has 9 heteroatoms. The van der Waals surface area contributed by atoms with Gasteiger partial charge in [-0.05, 0) is 43.6 Å². The van der Waals surface area contributed by atoms with Crippen molar-refractivity contribution >= 4 is 28.2 Å². The molecule has 1 N–H and O–H groups in total. The Balaban J connectivity index is 0.00000288. The van der Waals surface area contributed by atoms with Crippen molar-refractivity contribution in [1.29, 1.82) is 0 Å². The summed E-state index contributed by atoms with van der Waals surface area (Å²) < 4.78 is 47.6. The third-order valence-corrected chi connectivity index (χ3v) is 5.49.